The molecule has 0 radical (unpaired) electrons. The van der Waals surface area contributed by atoms with E-state index in [0.29, 0.717) is 18.6 Å². The highest BCUT2D eigenvalue weighted by Crippen LogP contribution is 2.03. The van der Waals surface area contributed by atoms with Crippen LogP contribution in [0.25, 0.3) is 0 Å². The van der Waals surface area contributed by atoms with Gasteiger partial charge in [0.2, 0.25) is 0 Å². The van der Waals surface area contributed by atoms with Crippen molar-refractivity contribution in [1.82, 2.24) is 0 Å². The van der Waals surface area contributed by atoms with Crippen molar-refractivity contribution < 1.29 is 19.1 Å². The third-order valence-electron chi connectivity index (χ3n) is 1.41. The summed E-state index contributed by atoms with van der Waals surface area (Å²) in [5.41, 5.74) is 0.328. The van der Waals surface area contributed by atoms with E-state index in [0.717, 1.165) is 6.08 Å². The van der Waals surface area contributed by atoms with Gasteiger partial charge in [0.25, 0.3) is 0 Å². The summed E-state index contributed by atoms with van der Waals surface area (Å²) >= 11 is 0. The minimum atomic E-state index is -0.537. The van der Waals surface area contributed by atoms with Crippen LogP contribution in [-0.4, -0.2) is 25.7 Å². The molecule has 0 aromatic carbocycles. The van der Waals surface area contributed by atoms with Crippen LogP contribution < -0.4 is 0 Å². The second-order valence-corrected chi connectivity index (χ2v) is 2.27. The summed E-state index contributed by atoms with van der Waals surface area (Å²) in [6.45, 7) is 3.78. The summed E-state index contributed by atoms with van der Waals surface area (Å²) in [6, 6.07) is 0. The van der Waals surface area contributed by atoms with E-state index in [2.05, 4.69) is 4.74 Å². The molecule has 0 bridgehead atoms. The van der Waals surface area contributed by atoms with E-state index in [1.165, 1.54) is 7.11 Å². The largest absolute Gasteiger partial charge is 0.466 e. The van der Waals surface area contributed by atoms with Crippen molar-refractivity contribution in [2.24, 2.45) is 0 Å². The van der Waals surface area contributed by atoms with Crippen molar-refractivity contribution in [3.05, 3.63) is 11.6 Å². The van der Waals surface area contributed by atoms with E-state index in [4.69, 9.17) is 4.74 Å². The molecule has 0 rings (SSSR count). The first-order valence-corrected chi connectivity index (χ1v) is 4.11. The van der Waals surface area contributed by atoms with Crippen molar-refractivity contribution in [2.45, 2.75) is 20.3 Å². The molecule has 0 aliphatic carbocycles. The Morgan fingerprint density at radius 2 is 1.92 bits per heavy atom. The molecule has 0 aromatic heterocycles. The fourth-order valence-electron chi connectivity index (χ4n) is 0.730. The molecule has 0 atom stereocenters. The van der Waals surface area contributed by atoms with E-state index in [1.54, 1.807) is 13.8 Å². The maximum absolute atomic E-state index is 11.1. The highest BCUT2D eigenvalue weighted by molar-refractivity contribution is 5.96. The molecular formula is C9H14O4. The molecule has 0 aliphatic heterocycles. The van der Waals surface area contributed by atoms with E-state index in [-0.39, 0.29) is 0 Å². The van der Waals surface area contributed by atoms with Crippen LogP contribution in [0.3, 0.4) is 0 Å². The Morgan fingerprint density at radius 3 is 2.31 bits per heavy atom. The van der Waals surface area contributed by atoms with Crippen LogP contribution in [0.15, 0.2) is 11.6 Å². The lowest BCUT2D eigenvalue weighted by atomic mass is 10.2. The van der Waals surface area contributed by atoms with Gasteiger partial charge in [0.15, 0.2) is 0 Å². The minimum Gasteiger partial charge on any atom is -0.466 e. The van der Waals surface area contributed by atoms with Crippen LogP contribution in [0.2, 0.25) is 0 Å². The number of hydrogen-bond acceptors (Lipinski definition) is 4. The average molecular weight is 186 g/mol. The first kappa shape index (κ1) is 11.7. The van der Waals surface area contributed by atoms with E-state index < -0.39 is 11.9 Å². The fraction of sp³-hybridized carbons (Fsp3) is 0.556. The van der Waals surface area contributed by atoms with Gasteiger partial charge in [0.1, 0.15) is 0 Å². The Kier molecular flexibility index (Phi) is 5.59. The van der Waals surface area contributed by atoms with Gasteiger partial charge in [0, 0.05) is 11.6 Å². The predicted molar refractivity (Wildman–Crippen MR) is 47.0 cm³/mol. The Morgan fingerprint density at radius 1 is 1.31 bits per heavy atom. The van der Waals surface area contributed by atoms with Gasteiger partial charge in [0.05, 0.1) is 13.7 Å². The van der Waals surface area contributed by atoms with Crippen molar-refractivity contribution in [2.75, 3.05) is 13.7 Å². The normalized spacial score (nSPS) is 10.8. The first-order valence-electron chi connectivity index (χ1n) is 4.11. The van der Waals surface area contributed by atoms with E-state index in [9.17, 15) is 9.59 Å². The highest BCUT2D eigenvalue weighted by Gasteiger charge is 2.10. The van der Waals surface area contributed by atoms with Crippen LogP contribution in [-0.2, 0) is 19.1 Å². The monoisotopic (exact) mass is 186 g/mol. The summed E-state index contributed by atoms with van der Waals surface area (Å²) < 4.78 is 9.11. The van der Waals surface area contributed by atoms with Gasteiger partial charge in [-0.15, -0.1) is 0 Å². The molecule has 0 fully saturated rings. The molecule has 0 saturated carbocycles. The van der Waals surface area contributed by atoms with Crippen LogP contribution in [0, 0.1) is 0 Å². The van der Waals surface area contributed by atoms with Gasteiger partial charge in [-0.2, -0.15) is 0 Å². The topological polar surface area (TPSA) is 52.6 Å². The van der Waals surface area contributed by atoms with E-state index >= 15 is 0 Å². The number of hydrogen-bond donors (Lipinski definition) is 0. The Balaban J connectivity index is 4.40. The predicted octanol–water partition coefficient (Wildman–Crippen LogP) is 1.06. The van der Waals surface area contributed by atoms with Crippen molar-refractivity contribution in [1.29, 1.82) is 0 Å². The molecule has 74 valence electrons. The van der Waals surface area contributed by atoms with Gasteiger partial charge in [-0.25, -0.2) is 9.59 Å². The molecule has 0 amide bonds. The molecule has 0 unspecified atom stereocenters. The van der Waals surface area contributed by atoms with E-state index in [1.807, 2.05) is 0 Å². The molecule has 0 aliphatic rings. The zero-order valence-electron chi connectivity index (χ0n) is 8.12. The van der Waals surface area contributed by atoms with Gasteiger partial charge >= 0.3 is 11.9 Å². The molecule has 0 aromatic rings. The van der Waals surface area contributed by atoms with Crippen molar-refractivity contribution in [3.8, 4) is 0 Å². The summed E-state index contributed by atoms with van der Waals surface area (Å²) in [7, 11) is 1.26. The first-order chi connectivity index (χ1) is 6.15. The lowest BCUT2D eigenvalue weighted by Gasteiger charge is -2.02. The lowest BCUT2D eigenvalue weighted by molar-refractivity contribution is -0.140. The molecule has 4 heteroatoms. The van der Waals surface area contributed by atoms with Crippen LogP contribution >= 0.6 is 0 Å². The number of carbonyl (C=O) groups is 2. The third kappa shape index (κ3) is 4.30. The number of esters is 2. The van der Waals surface area contributed by atoms with Gasteiger partial charge in [-0.05, 0) is 13.3 Å². The molecule has 0 heterocycles. The second-order valence-electron chi connectivity index (χ2n) is 2.27. The smallest absolute Gasteiger partial charge is 0.334 e. The third-order valence-corrected chi connectivity index (χ3v) is 1.41. The quantitative estimate of drug-likeness (QED) is 0.486. The number of carbonyl (C=O) groups excluding carboxylic acids is 2. The standard InChI is InChI=1S/C9H14O4/c1-4-7(6-8(10)12-3)9(11)13-5-2/h6H,4-5H2,1-3H3/b7-6-. The Labute approximate surface area is 77.5 Å². The highest BCUT2D eigenvalue weighted by atomic mass is 16.5. The van der Waals surface area contributed by atoms with Crippen LogP contribution in [0.5, 0.6) is 0 Å². The zero-order valence-corrected chi connectivity index (χ0v) is 8.12. The number of rotatable bonds is 4. The minimum absolute atomic E-state index is 0.303. The molecule has 4 nitrogen and oxygen atoms in total. The molecule has 0 N–H and O–H groups in total. The molecule has 0 spiro atoms. The zero-order chi connectivity index (χ0) is 10.3. The summed E-state index contributed by atoms with van der Waals surface area (Å²) in [5, 5.41) is 0. The number of ether oxygens (including phenoxy) is 2. The van der Waals surface area contributed by atoms with Crippen LogP contribution in [0.1, 0.15) is 20.3 Å². The van der Waals surface area contributed by atoms with Crippen molar-refractivity contribution >= 4 is 11.9 Å². The second kappa shape index (κ2) is 6.22. The maximum atomic E-state index is 11.1. The number of methoxy groups -OCH3 is 1. The maximum Gasteiger partial charge on any atom is 0.334 e. The SMILES string of the molecule is CCOC(=O)/C(=C\C(=O)OC)CC. The lowest BCUT2D eigenvalue weighted by Crippen LogP contribution is -2.09. The molecule has 0 saturated heterocycles. The Hall–Kier alpha value is -1.32. The Bertz CT molecular complexity index is 218. The molecule has 13 heavy (non-hydrogen) atoms. The van der Waals surface area contributed by atoms with Crippen LogP contribution in [0.4, 0.5) is 0 Å². The van der Waals surface area contributed by atoms with Gasteiger partial charge in [-0.1, -0.05) is 6.92 Å². The van der Waals surface area contributed by atoms with Gasteiger partial charge in [-0.3, -0.25) is 0 Å². The average Bonchev–Trinajstić information content (AvgIpc) is 2.14. The summed E-state index contributed by atoms with van der Waals surface area (Å²) in [5.74, 6) is -1.000. The molecular weight excluding hydrogens is 172 g/mol. The summed E-state index contributed by atoms with van der Waals surface area (Å²) in [6.07, 6.45) is 1.60. The van der Waals surface area contributed by atoms with Crippen molar-refractivity contribution in [3.63, 3.8) is 0 Å². The fourth-order valence-corrected chi connectivity index (χ4v) is 0.730. The summed E-state index contributed by atoms with van der Waals surface area (Å²) in [4.78, 5) is 21.9. The van der Waals surface area contributed by atoms with Gasteiger partial charge < -0.3 is 9.47 Å².